The number of benzene rings is 2. The summed E-state index contributed by atoms with van der Waals surface area (Å²) in [5.41, 5.74) is 7.37. The summed E-state index contributed by atoms with van der Waals surface area (Å²) in [7, 11) is 1.68. The maximum Gasteiger partial charge on any atom is 0.254 e. The first-order valence-electron chi connectivity index (χ1n) is 12.1. The van der Waals surface area contributed by atoms with E-state index in [0.717, 1.165) is 6.07 Å². The number of carbonyl (C=O) groups is 2. The highest BCUT2D eigenvalue weighted by molar-refractivity contribution is 9.10. The van der Waals surface area contributed by atoms with Crippen molar-refractivity contribution in [1.82, 2.24) is 20.6 Å². The number of alkyl halides is 1. The number of nitrogens with one attached hydrogen (secondary N) is 2. The van der Waals surface area contributed by atoms with E-state index in [1.807, 2.05) is 0 Å². The van der Waals surface area contributed by atoms with Gasteiger partial charge in [-0.05, 0) is 62.2 Å². The lowest BCUT2D eigenvalue weighted by Gasteiger charge is -2.28. The van der Waals surface area contributed by atoms with Crippen LogP contribution in [0.4, 0.5) is 19.0 Å². The standard InChI is InChI=1S/C27H27BrF3N5O2/c1-33-11-23(17-6-18(28)10-19(29)7-17)36-27(38)20-5-4-15(9-22(20)31)25-26(32)34-12-24(35-25)14-2-3-16(13-37)21(30)8-14/h4-7,9-10,12-14,16,21,23,33H,2-3,8,11H2,1H3,(H2,32,34)(H,36,38)/t14-,16+,21-,23+/m0/s1. The molecule has 11 heteroatoms. The molecule has 1 aromatic heterocycles. The van der Waals surface area contributed by atoms with Crippen molar-refractivity contribution in [1.29, 1.82) is 0 Å². The van der Waals surface area contributed by atoms with E-state index in [2.05, 4.69) is 36.5 Å². The Bertz CT molecular complexity index is 1320. The number of aldehydes is 1. The van der Waals surface area contributed by atoms with Gasteiger partial charge in [0.2, 0.25) is 0 Å². The van der Waals surface area contributed by atoms with Crippen LogP contribution in [0.2, 0.25) is 0 Å². The van der Waals surface area contributed by atoms with E-state index in [9.17, 15) is 18.4 Å². The molecule has 7 nitrogen and oxygen atoms in total. The zero-order valence-corrected chi connectivity index (χ0v) is 22.1. The average molecular weight is 590 g/mol. The van der Waals surface area contributed by atoms with Gasteiger partial charge in [0.25, 0.3) is 5.91 Å². The minimum atomic E-state index is -1.26. The summed E-state index contributed by atoms with van der Waals surface area (Å²) in [4.78, 5) is 32.7. The fourth-order valence-corrected chi connectivity index (χ4v) is 5.18. The lowest BCUT2D eigenvalue weighted by molar-refractivity contribution is -0.114. The zero-order valence-electron chi connectivity index (χ0n) is 20.6. The average Bonchev–Trinajstić information content (AvgIpc) is 2.88. The molecule has 0 unspecified atom stereocenters. The number of hydrogen-bond donors (Lipinski definition) is 3. The molecule has 38 heavy (non-hydrogen) atoms. The normalized spacial score (nSPS) is 20.1. The lowest BCUT2D eigenvalue weighted by Crippen LogP contribution is -2.35. The summed E-state index contributed by atoms with van der Waals surface area (Å²) in [6.07, 6.45) is 2.00. The minimum absolute atomic E-state index is 0.0643. The second-order valence-electron chi connectivity index (χ2n) is 9.34. The number of aromatic nitrogens is 2. The maximum absolute atomic E-state index is 15.2. The molecular formula is C27H27BrF3N5O2. The number of nitrogens with zero attached hydrogens (tertiary/aromatic N) is 2. The van der Waals surface area contributed by atoms with Crippen molar-refractivity contribution in [2.75, 3.05) is 19.3 Å². The highest BCUT2D eigenvalue weighted by Crippen LogP contribution is 2.37. The number of amides is 1. The Hall–Kier alpha value is -3.31. The largest absolute Gasteiger partial charge is 0.382 e. The molecule has 1 aliphatic rings. The number of hydrogen-bond acceptors (Lipinski definition) is 6. The molecule has 0 spiro atoms. The Balaban J connectivity index is 1.56. The van der Waals surface area contributed by atoms with Crippen LogP contribution in [0.1, 0.15) is 52.8 Å². The van der Waals surface area contributed by atoms with Gasteiger partial charge < -0.3 is 21.2 Å². The summed E-state index contributed by atoms with van der Waals surface area (Å²) in [6.45, 7) is 0.286. The summed E-state index contributed by atoms with van der Waals surface area (Å²) in [5, 5.41) is 5.68. The van der Waals surface area contributed by atoms with Gasteiger partial charge in [-0.25, -0.2) is 23.1 Å². The Morgan fingerprint density at radius 2 is 2.03 bits per heavy atom. The van der Waals surface area contributed by atoms with E-state index >= 15 is 4.39 Å². The lowest BCUT2D eigenvalue weighted by atomic mass is 9.80. The van der Waals surface area contributed by atoms with Gasteiger partial charge in [0.1, 0.15) is 35.6 Å². The number of nitrogens with two attached hydrogens (primary N) is 1. The van der Waals surface area contributed by atoms with Crippen molar-refractivity contribution in [2.24, 2.45) is 5.92 Å². The van der Waals surface area contributed by atoms with Crippen LogP contribution < -0.4 is 16.4 Å². The van der Waals surface area contributed by atoms with Crippen molar-refractivity contribution >= 4 is 33.9 Å². The van der Waals surface area contributed by atoms with Crippen LogP contribution in [0.15, 0.2) is 47.1 Å². The third kappa shape index (κ3) is 6.21. The van der Waals surface area contributed by atoms with Crippen LogP contribution in [-0.4, -0.2) is 41.9 Å². The van der Waals surface area contributed by atoms with E-state index in [4.69, 9.17) is 5.73 Å². The van der Waals surface area contributed by atoms with Gasteiger partial charge in [0.15, 0.2) is 0 Å². The Kier molecular flexibility index (Phi) is 8.78. The van der Waals surface area contributed by atoms with Crippen molar-refractivity contribution in [3.05, 3.63) is 75.5 Å². The van der Waals surface area contributed by atoms with Crippen LogP contribution in [0.5, 0.6) is 0 Å². The zero-order chi connectivity index (χ0) is 27.4. The number of nitrogen functional groups attached to an aromatic ring is 1. The summed E-state index contributed by atoms with van der Waals surface area (Å²) in [5.74, 6) is -2.74. The monoisotopic (exact) mass is 589 g/mol. The molecule has 0 aliphatic heterocycles. The third-order valence-electron chi connectivity index (χ3n) is 6.72. The predicted molar refractivity (Wildman–Crippen MR) is 141 cm³/mol. The van der Waals surface area contributed by atoms with Gasteiger partial charge in [0, 0.05) is 28.4 Å². The van der Waals surface area contributed by atoms with Crippen LogP contribution in [0, 0.1) is 17.6 Å². The molecule has 3 aromatic rings. The van der Waals surface area contributed by atoms with E-state index in [1.54, 1.807) is 13.1 Å². The van der Waals surface area contributed by atoms with Crippen LogP contribution >= 0.6 is 15.9 Å². The third-order valence-corrected chi connectivity index (χ3v) is 7.18. The molecule has 200 valence electrons. The molecule has 1 saturated carbocycles. The van der Waals surface area contributed by atoms with Gasteiger partial charge in [-0.15, -0.1) is 0 Å². The second-order valence-corrected chi connectivity index (χ2v) is 10.3. The van der Waals surface area contributed by atoms with Crippen molar-refractivity contribution in [3.8, 4) is 11.3 Å². The van der Waals surface area contributed by atoms with Gasteiger partial charge in [-0.3, -0.25) is 4.79 Å². The van der Waals surface area contributed by atoms with Crippen molar-refractivity contribution in [2.45, 2.75) is 37.4 Å². The Morgan fingerprint density at radius 1 is 1.24 bits per heavy atom. The molecule has 2 aromatic carbocycles. The van der Waals surface area contributed by atoms with E-state index in [-0.39, 0.29) is 36.0 Å². The SMILES string of the molecule is CNC[C@@H](NC(=O)c1ccc(-c2nc([C@H]3CC[C@H](C=O)[C@@H](F)C3)cnc2N)cc1F)c1cc(F)cc(Br)c1. The fourth-order valence-electron chi connectivity index (χ4n) is 4.70. The van der Waals surface area contributed by atoms with Crippen molar-refractivity contribution < 1.29 is 22.8 Å². The van der Waals surface area contributed by atoms with E-state index in [0.29, 0.717) is 40.4 Å². The molecular weight excluding hydrogens is 563 g/mol. The van der Waals surface area contributed by atoms with Gasteiger partial charge in [0.05, 0.1) is 23.5 Å². The quantitative estimate of drug-likeness (QED) is 0.323. The number of rotatable bonds is 8. The number of halogens is 4. The molecule has 4 rings (SSSR count). The molecule has 1 fully saturated rings. The van der Waals surface area contributed by atoms with Crippen LogP contribution in [0.25, 0.3) is 11.3 Å². The molecule has 4 atom stereocenters. The Morgan fingerprint density at radius 3 is 2.68 bits per heavy atom. The van der Waals surface area contributed by atoms with Crippen molar-refractivity contribution in [3.63, 3.8) is 0 Å². The first-order valence-corrected chi connectivity index (χ1v) is 12.9. The molecule has 0 radical (unpaired) electrons. The molecule has 1 aliphatic carbocycles. The van der Waals surface area contributed by atoms with Gasteiger partial charge >= 0.3 is 0 Å². The van der Waals surface area contributed by atoms with E-state index in [1.165, 1.54) is 30.5 Å². The molecule has 1 heterocycles. The van der Waals surface area contributed by atoms with E-state index < -0.39 is 35.7 Å². The highest BCUT2D eigenvalue weighted by atomic mass is 79.9. The molecule has 1 amide bonds. The minimum Gasteiger partial charge on any atom is -0.382 e. The molecule has 4 N–H and O–H groups in total. The second kappa shape index (κ2) is 12.0. The summed E-state index contributed by atoms with van der Waals surface area (Å²) < 4.78 is 43.9. The van der Waals surface area contributed by atoms with Crippen LogP contribution in [-0.2, 0) is 4.79 Å². The highest BCUT2D eigenvalue weighted by Gasteiger charge is 2.32. The van der Waals surface area contributed by atoms with Gasteiger partial charge in [-0.2, -0.15) is 0 Å². The molecule has 0 saturated heterocycles. The smallest absolute Gasteiger partial charge is 0.254 e. The predicted octanol–water partition coefficient (Wildman–Crippen LogP) is 4.88. The summed E-state index contributed by atoms with van der Waals surface area (Å²) in [6, 6.07) is 7.63. The first-order chi connectivity index (χ1) is 18.2. The Labute approximate surface area is 226 Å². The number of anilines is 1. The fraction of sp³-hybridized carbons (Fsp3) is 0.333. The number of likely N-dealkylation sites (N-methyl/N-ethyl adjacent to an activating group) is 1. The molecule has 0 bridgehead atoms. The van der Waals surface area contributed by atoms with Gasteiger partial charge in [-0.1, -0.05) is 22.0 Å². The summed E-state index contributed by atoms with van der Waals surface area (Å²) >= 11 is 3.24. The maximum atomic E-state index is 15.2. The van der Waals surface area contributed by atoms with Crippen LogP contribution in [0.3, 0.4) is 0 Å². The number of carbonyl (C=O) groups excluding carboxylic acids is 2. The first kappa shape index (κ1) is 27.7. The topological polar surface area (TPSA) is 110 Å².